The summed E-state index contributed by atoms with van der Waals surface area (Å²) in [4.78, 5) is 0. The molecule has 3 aromatic carbocycles. The Kier molecular flexibility index (Phi) is 4.83. The first kappa shape index (κ1) is 17.0. The lowest BCUT2D eigenvalue weighted by Gasteiger charge is -2.45. The predicted octanol–water partition coefficient (Wildman–Crippen LogP) is 4.31. The molecule has 1 heterocycles. The SMILES string of the molecule is FC1COCC(C(c2ccccc2)(c2ccccc2)c2ccccc2)N1. The maximum absolute atomic E-state index is 14.3. The van der Waals surface area contributed by atoms with Crippen LogP contribution in [-0.4, -0.2) is 25.6 Å². The molecule has 0 spiro atoms. The Labute approximate surface area is 153 Å². The summed E-state index contributed by atoms with van der Waals surface area (Å²) in [6.07, 6.45) is -1.18. The number of ether oxygens (including phenoxy) is 1. The predicted molar refractivity (Wildman–Crippen MR) is 102 cm³/mol. The molecule has 0 radical (unpaired) electrons. The van der Waals surface area contributed by atoms with E-state index >= 15 is 0 Å². The average molecular weight is 347 g/mol. The van der Waals surface area contributed by atoms with Crippen molar-refractivity contribution >= 4 is 0 Å². The van der Waals surface area contributed by atoms with Gasteiger partial charge in [0.25, 0.3) is 0 Å². The molecule has 4 rings (SSSR count). The van der Waals surface area contributed by atoms with Crippen LogP contribution in [0, 0.1) is 0 Å². The van der Waals surface area contributed by atoms with Crippen molar-refractivity contribution in [2.45, 2.75) is 17.8 Å². The summed E-state index contributed by atoms with van der Waals surface area (Å²) in [5.41, 5.74) is 2.81. The van der Waals surface area contributed by atoms with Crippen molar-refractivity contribution in [1.29, 1.82) is 0 Å². The van der Waals surface area contributed by atoms with E-state index in [4.69, 9.17) is 4.74 Å². The second kappa shape index (κ2) is 7.40. The quantitative estimate of drug-likeness (QED) is 0.561. The Morgan fingerprint density at radius 3 is 1.50 bits per heavy atom. The van der Waals surface area contributed by atoms with Crippen LogP contribution in [0.5, 0.6) is 0 Å². The van der Waals surface area contributed by atoms with E-state index in [2.05, 4.69) is 41.7 Å². The molecule has 0 saturated carbocycles. The number of hydrogen-bond donors (Lipinski definition) is 1. The summed E-state index contributed by atoms with van der Waals surface area (Å²) < 4.78 is 19.9. The summed E-state index contributed by atoms with van der Waals surface area (Å²) in [6.45, 7) is 0.532. The van der Waals surface area contributed by atoms with Crippen molar-refractivity contribution in [3.8, 4) is 0 Å². The van der Waals surface area contributed by atoms with Gasteiger partial charge < -0.3 is 4.74 Å². The maximum Gasteiger partial charge on any atom is 0.175 e. The number of benzene rings is 3. The number of rotatable bonds is 4. The molecular weight excluding hydrogens is 325 g/mol. The minimum atomic E-state index is -1.18. The summed E-state index contributed by atoms with van der Waals surface area (Å²) in [5, 5.41) is 3.16. The Bertz CT molecular complexity index is 726. The second-order valence-corrected chi connectivity index (χ2v) is 6.63. The van der Waals surface area contributed by atoms with Crippen LogP contribution in [0.4, 0.5) is 4.39 Å². The van der Waals surface area contributed by atoms with Gasteiger partial charge in [-0.3, -0.25) is 5.32 Å². The molecule has 26 heavy (non-hydrogen) atoms. The molecule has 0 aromatic heterocycles. The minimum Gasteiger partial charge on any atom is -0.375 e. The highest BCUT2D eigenvalue weighted by atomic mass is 19.1. The lowest BCUT2D eigenvalue weighted by atomic mass is 9.64. The van der Waals surface area contributed by atoms with E-state index in [-0.39, 0.29) is 12.6 Å². The zero-order chi connectivity index (χ0) is 17.8. The summed E-state index contributed by atoms with van der Waals surface area (Å²) in [6, 6.07) is 30.7. The molecule has 132 valence electrons. The Hall–Kier alpha value is -2.49. The highest BCUT2D eigenvalue weighted by molar-refractivity contribution is 5.52. The van der Waals surface area contributed by atoms with Gasteiger partial charge in [-0.2, -0.15) is 0 Å². The third-order valence-electron chi connectivity index (χ3n) is 5.14. The van der Waals surface area contributed by atoms with E-state index in [1.165, 1.54) is 0 Å². The van der Waals surface area contributed by atoms with E-state index < -0.39 is 11.7 Å². The first-order valence-corrected chi connectivity index (χ1v) is 8.96. The molecule has 1 aliphatic heterocycles. The molecule has 1 saturated heterocycles. The number of nitrogens with one attached hydrogen (secondary N) is 1. The third kappa shape index (κ3) is 2.94. The maximum atomic E-state index is 14.3. The van der Waals surface area contributed by atoms with Crippen LogP contribution in [-0.2, 0) is 10.2 Å². The molecule has 3 aromatic rings. The van der Waals surface area contributed by atoms with Gasteiger partial charge in [0.05, 0.1) is 24.7 Å². The van der Waals surface area contributed by atoms with Crippen LogP contribution >= 0.6 is 0 Å². The number of hydrogen-bond acceptors (Lipinski definition) is 2. The van der Waals surface area contributed by atoms with Gasteiger partial charge in [0, 0.05) is 0 Å². The van der Waals surface area contributed by atoms with E-state index in [1.807, 2.05) is 54.6 Å². The molecule has 0 bridgehead atoms. The van der Waals surface area contributed by atoms with Crippen LogP contribution < -0.4 is 5.32 Å². The lowest BCUT2D eigenvalue weighted by molar-refractivity contribution is -0.0112. The van der Waals surface area contributed by atoms with E-state index in [9.17, 15) is 4.39 Å². The van der Waals surface area contributed by atoms with Crippen LogP contribution in [0.2, 0.25) is 0 Å². The minimum absolute atomic E-state index is 0.0882. The molecule has 1 aliphatic rings. The standard InChI is InChI=1S/C23H22FNO/c24-22-17-26-16-21(25-22)23(18-10-4-1-5-11-18,19-12-6-2-7-13-19)20-14-8-3-9-15-20/h1-15,21-22,25H,16-17H2. The summed E-state index contributed by atoms with van der Waals surface area (Å²) >= 11 is 0. The molecule has 2 unspecified atom stereocenters. The highest BCUT2D eigenvalue weighted by Crippen LogP contribution is 2.43. The van der Waals surface area contributed by atoms with Gasteiger partial charge in [-0.1, -0.05) is 91.0 Å². The van der Waals surface area contributed by atoms with E-state index in [1.54, 1.807) is 0 Å². The fraction of sp³-hybridized carbons (Fsp3) is 0.217. The zero-order valence-corrected chi connectivity index (χ0v) is 14.5. The molecule has 2 nitrogen and oxygen atoms in total. The average Bonchev–Trinajstić information content (AvgIpc) is 2.71. The molecule has 1 N–H and O–H groups in total. The normalized spacial score (nSPS) is 20.7. The van der Waals surface area contributed by atoms with Gasteiger partial charge in [-0.05, 0) is 16.7 Å². The van der Waals surface area contributed by atoms with Crippen LogP contribution in [0.3, 0.4) is 0 Å². The van der Waals surface area contributed by atoms with Crippen LogP contribution in [0.15, 0.2) is 91.0 Å². The van der Waals surface area contributed by atoms with Crippen molar-refractivity contribution in [2.75, 3.05) is 13.2 Å². The fourth-order valence-electron chi connectivity index (χ4n) is 4.06. The first-order valence-electron chi connectivity index (χ1n) is 8.96. The van der Waals surface area contributed by atoms with Crippen molar-refractivity contribution < 1.29 is 9.13 Å². The monoisotopic (exact) mass is 347 g/mol. The molecule has 0 aliphatic carbocycles. The van der Waals surface area contributed by atoms with Gasteiger partial charge in [-0.15, -0.1) is 0 Å². The van der Waals surface area contributed by atoms with Gasteiger partial charge in [0.2, 0.25) is 0 Å². The fourth-order valence-corrected chi connectivity index (χ4v) is 4.06. The number of halogens is 1. The van der Waals surface area contributed by atoms with Crippen LogP contribution in [0.1, 0.15) is 16.7 Å². The Balaban J connectivity index is 2.00. The molecule has 1 fully saturated rings. The highest BCUT2D eigenvalue weighted by Gasteiger charge is 2.45. The van der Waals surface area contributed by atoms with E-state index in [0.717, 1.165) is 16.7 Å². The van der Waals surface area contributed by atoms with Gasteiger partial charge in [-0.25, -0.2) is 4.39 Å². The largest absolute Gasteiger partial charge is 0.375 e. The smallest absolute Gasteiger partial charge is 0.175 e. The van der Waals surface area contributed by atoms with Gasteiger partial charge >= 0.3 is 0 Å². The Morgan fingerprint density at radius 2 is 1.12 bits per heavy atom. The van der Waals surface area contributed by atoms with Crippen molar-refractivity contribution in [3.05, 3.63) is 108 Å². The summed E-state index contributed by atoms with van der Waals surface area (Å²) in [7, 11) is 0. The summed E-state index contributed by atoms with van der Waals surface area (Å²) in [5.74, 6) is 0. The lowest BCUT2D eigenvalue weighted by Crippen LogP contribution is -2.58. The van der Waals surface area contributed by atoms with Gasteiger partial charge in [0.15, 0.2) is 6.30 Å². The van der Waals surface area contributed by atoms with Crippen molar-refractivity contribution in [2.24, 2.45) is 0 Å². The first-order chi connectivity index (χ1) is 12.8. The van der Waals surface area contributed by atoms with Crippen molar-refractivity contribution in [1.82, 2.24) is 5.32 Å². The van der Waals surface area contributed by atoms with Crippen molar-refractivity contribution in [3.63, 3.8) is 0 Å². The Morgan fingerprint density at radius 1 is 0.692 bits per heavy atom. The number of morpholine rings is 1. The topological polar surface area (TPSA) is 21.3 Å². The van der Waals surface area contributed by atoms with Gasteiger partial charge in [0.1, 0.15) is 0 Å². The molecular formula is C23H22FNO. The molecule has 2 atom stereocenters. The van der Waals surface area contributed by atoms with Crippen LogP contribution in [0.25, 0.3) is 0 Å². The van der Waals surface area contributed by atoms with E-state index in [0.29, 0.717) is 6.61 Å². The molecule has 0 amide bonds. The zero-order valence-electron chi connectivity index (χ0n) is 14.5. The molecule has 3 heteroatoms. The second-order valence-electron chi connectivity index (χ2n) is 6.63. The number of alkyl halides is 1. The third-order valence-corrected chi connectivity index (χ3v) is 5.14.